The molecule has 27 heavy (non-hydrogen) atoms. The summed E-state index contributed by atoms with van der Waals surface area (Å²) in [7, 11) is 0. The Morgan fingerprint density at radius 1 is 1.19 bits per heavy atom. The second-order valence-electron chi connectivity index (χ2n) is 6.41. The summed E-state index contributed by atoms with van der Waals surface area (Å²) >= 11 is 1.53. The van der Waals surface area contributed by atoms with Crippen molar-refractivity contribution in [2.45, 2.75) is 27.3 Å². The van der Waals surface area contributed by atoms with Gasteiger partial charge in [0.25, 0.3) is 5.56 Å². The summed E-state index contributed by atoms with van der Waals surface area (Å²) in [6.07, 6.45) is 1.55. The Balaban J connectivity index is 1.90. The van der Waals surface area contributed by atoms with E-state index in [0.717, 1.165) is 21.0 Å². The third-order valence-corrected chi connectivity index (χ3v) is 5.86. The molecule has 0 N–H and O–H groups in total. The van der Waals surface area contributed by atoms with Gasteiger partial charge >= 0.3 is 0 Å². The molecule has 0 bridgehead atoms. The minimum absolute atomic E-state index is 0.0933. The minimum Gasteiger partial charge on any atom is -0.293 e. The lowest BCUT2D eigenvalue weighted by Gasteiger charge is -2.10. The summed E-state index contributed by atoms with van der Waals surface area (Å²) in [6, 6.07) is 11.8. The number of hydrogen-bond acceptors (Lipinski definition) is 5. The Hall–Kier alpha value is -3.24. The van der Waals surface area contributed by atoms with E-state index in [9.17, 15) is 10.1 Å². The molecule has 1 aromatic carbocycles. The van der Waals surface area contributed by atoms with Crippen molar-refractivity contribution >= 4 is 21.6 Å². The second kappa shape index (κ2) is 6.49. The molecule has 0 unspecified atom stereocenters. The topological polar surface area (TPSA) is 76.5 Å². The lowest BCUT2D eigenvalue weighted by molar-refractivity contribution is 0.689. The Morgan fingerprint density at radius 2 is 1.93 bits per heavy atom. The molecule has 0 spiro atoms. The Kier molecular flexibility index (Phi) is 4.13. The molecule has 3 heterocycles. The van der Waals surface area contributed by atoms with Crippen LogP contribution in [0.3, 0.4) is 0 Å². The zero-order valence-electron chi connectivity index (χ0n) is 15.2. The highest BCUT2D eigenvalue weighted by Crippen LogP contribution is 2.26. The molecule has 0 aliphatic carbocycles. The van der Waals surface area contributed by atoms with E-state index >= 15 is 0 Å². The normalized spacial score (nSPS) is 11.0. The van der Waals surface area contributed by atoms with Crippen molar-refractivity contribution in [3.63, 3.8) is 0 Å². The molecule has 0 saturated heterocycles. The maximum atomic E-state index is 13.0. The molecule has 7 heteroatoms. The molecule has 6 nitrogen and oxygen atoms in total. The van der Waals surface area contributed by atoms with Crippen LogP contribution in [0.25, 0.3) is 15.9 Å². The van der Waals surface area contributed by atoms with E-state index in [0.29, 0.717) is 22.3 Å². The molecule has 134 valence electrons. The minimum atomic E-state index is -0.0933. The number of aryl methyl sites for hydroxylation is 3. The van der Waals surface area contributed by atoms with E-state index in [1.54, 1.807) is 22.5 Å². The van der Waals surface area contributed by atoms with Crippen LogP contribution in [0, 0.1) is 32.1 Å². The summed E-state index contributed by atoms with van der Waals surface area (Å²) in [5, 5.41) is 14.8. The quantitative estimate of drug-likeness (QED) is 0.549. The number of nitrogens with zero attached hydrogens (tertiary/aromatic N) is 5. The van der Waals surface area contributed by atoms with Crippen LogP contribution in [0.15, 0.2) is 41.5 Å². The largest absolute Gasteiger partial charge is 0.293 e. The Labute approximate surface area is 160 Å². The summed E-state index contributed by atoms with van der Waals surface area (Å²) in [6.45, 7) is 5.97. The fourth-order valence-corrected chi connectivity index (χ4v) is 4.18. The Morgan fingerprint density at radius 3 is 2.63 bits per heavy atom. The third kappa shape index (κ3) is 2.75. The zero-order chi connectivity index (χ0) is 19.1. The van der Waals surface area contributed by atoms with Crippen LogP contribution in [0.5, 0.6) is 0 Å². The summed E-state index contributed by atoms with van der Waals surface area (Å²) in [4.78, 5) is 19.3. The SMILES string of the molecule is Cc1nn(-c2ccccc2)c(Cn2cnc3sc(C)c(C)c3c2=O)c1C#N. The van der Waals surface area contributed by atoms with E-state index in [1.165, 1.54) is 11.3 Å². The fraction of sp³-hybridized carbons (Fsp3) is 0.200. The van der Waals surface area contributed by atoms with E-state index < -0.39 is 0 Å². The first kappa shape index (κ1) is 17.2. The first-order valence-electron chi connectivity index (χ1n) is 8.50. The fourth-order valence-electron chi connectivity index (χ4n) is 3.19. The first-order valence-corrected chi connectivity index (χ1v) is 9.32. The van der Waals surface area contributed by atoms with Gasteiger partial charge in [-0.1, -0.05) is 18.2 Å². The zero-order valence-corrected chi connectivity index (χ0v) is 16.0. The number of thiophene rings is 1. The van der Waals surface area contributed by atoms with Gasteiger partial charge in [0.2, 0.25) is 0 Å². The number of rotatable bonds is 3. The molecule has 0 radical (unpaired) electrons. The summed E-state index contributed by atoms with van der Waals surface area (Å²) < 4.78 is 3.29. The lowest BCUT2D eigenvalue weighted by atomic mass is 10.2. The first-order chi connectivity index (χ1) is 13.0. The van der Waals surface area contributed by atoms with Gasteiger partial charge in [0, 0.05) is 4.88 Å². The van der Waals surface area contributed by atoms with Crippen LogP contribution in [0.4, 0.5) is 0 Å². The van der Waals surface area contributed by atoms with Crippen LogP contribution in [-0.4, -0.2) is 19.3 Å². The molecular weight excluding hydrogens is 358 g/mol. The molecule has 0 atom stereocenters. The standard InChI is InChI=1S/C20H17N5OS/c1-12-14(3)27-19-18(12)20(26)24(11-22-19)10-17-16(9-21)13(2)23-25(17)15-7-5-4-6-8-15/h4-8,11H,10H2,1-3H3. The maximum absolute atomic E-state index is 13.0. The summed E-state index contributed by atoms with van der Waals surface area (Å²) in [5.41, 5.74) is 3.53. The Bertz CT molecular complexity index is 1260. The second-order valence-corrected chi connectivity index (χ2v) is 7.61. The van der Waals surface area contributed by atoms with Gasteiger partial charge in [-0.05, 0) is 38.5 Å². The number of aromatic nitrogens is 4. The monoisotopic (exact) mass is 375 g/mol. The average Bonchev–Trinajstić information content (AvgIpc) is 3.14. The maximum Gasteiger partial charge on any atom is 0.262 e. The smallest absolute Gasteiger partial charge is 0.262 e. The predicted molar refractivity (Wildman–Crippen MR) is 105 cm³/mol. The van der Waals surface area contributed by atoms with Gasteiger partial charge in [-0.25, -0.2) is 9.67 Å². The summed E-state index contributed by atoms with van der Waals surface area (Å²) in [5.74, 6) is 0. The van der Waals surface area contributed by atoms with E-state index in [2.05, 4.69) is 16.2 Å². The average molecular weight is 375 g/mol. The van der Waals surface area contributed by atoms with Crippen LogP contribution in [0.1, 0.15) is 27.4 Å². The van der Waals surface area contributed by atoms with Gasteiger partial charge in [0.05, 0.1) is 40.9 Å². The van der Waals surface area contributed by atoms with Crippen LogP contribution < -0.4 is 5.56 Å². The molecule has 0 amide bonds. The van der Waals surface area contributed by atoms with Gasteiger partial charge in [-0.3, -0.25) is 9.36 Å². The van der Waals surface area contributed by atoms with Gasteiger partial charge in [-0.2, -0.15) is 10.4 Å². The highest BCUT2D eigenvalue weighted by molar-refractivity contribution is 7.18. The molecule has 4 rings (SSSR count). The molecule has 0 fully saturated rings. The molecule has 0 saturated carbocycles. The number of benzene rings is 1. The molecule has 0 aliphatic heterocycles. The molecule has 4 aromatic rings. The number of nitriles is 1. The van der Waals surface area contributed by atoms with Crippen molar-refractivity contribution in [3.05, 3.63) is 74.4 Å². The van der Waals surface area contributed by atoms with Crippen LogP contribution in [-0.2, 0) is 6.54 Å². The molecule has 0 aliphatic rings. The van der Waals surface area contributed by atoms with Gasteiger partial charge in [0.15, 0.2) is 0 Å². The predicted octanol–water partition coefficient (Wildman–Crippen LogP) is 3.49. The number of fused-ring (bicyclic) bond motifs is 1. The highest BCUT2D eigenvalue weighted by atomic mass is 32.1. The van der Waals surface area contributed by atoms with E-state index in [-0.39, 0.29) is 12.1 Å². The van der Waals surface area contributed by atoms with Gasteiger partial charge in [0.1, 0.15) is 10.9 Å². The van der Waals surface area contributed by atoms with Crippen molar-refractivity contribution in [2.75, 3.05) is 0 Å². The van der Waals surface area contributed by atoms with E-state index in [4.69, 9.17) is 0 Å². The molecule has 3 aromatic heterocycles. The van der Waals surface area contributed by atoms with Gasteiger partial charge in [-0.15, -0.1) is 11.3 Å². The van der Waals surface area contributed by atoms with Crippen molar-refractivity contribution in [3.8, 4) is 11.8 Å². The lowest BCUT2D eigenvalue weighted by Crippen LogP contribution is -2.22. The van der Waals surface area contributed by atoms with E-state index in [1.807, 2.05) is 44.2 Å². The van der Waals surface area contributed by atoms with Crippen LogP contribution >= 0.6 is 11.3 Å². The number of para-hydroxylation sites is 1. The van der Waals surface area contributed by atoms with Crippen molar-refractivity contribution in [2.24, 2.45) is 0 Å². The van der Waals surface area contributed by atoms with Crippen molar-refractivity contribution in [1.82, 2.24) is 19.3 Å². The van der Waals surface area contributed by atoms with Gasteiger partial charge < -0.3 is 0 Å². The third-order valence-electron chi connectivity index (χ3n) is 4.74. The highest BCUT2D eigenvalue weighted by Gasteiger charge is 2.19. The number of hydrogen-bond donors (Lipinski definition) is 0. The van der Waals surface area contributed by atoms with Crippen molar-refractivity contribution < 1.29 is 0 Å². The van der Waals surface area contributed by atoms with Crippen LogP contribution in [0.2, 0.25) is 0 Å². The molecular formula is C20H17N5OS. The van der Waals surface area contributed by atoms with Crippen molar-refractivity contribution in [1.29, 1.82) is 5.26 Å².